The van der Waals surface area contributed by atoms with Crippen molar-refractivity contribution in [1.29, 1.82) is 0 Å². The van der Waals surface area contributed by atoms with Crippen LogP contribution in [0.15, 0.2) is 36.4 Å². The van der Waals surface area contributed by atoms with Gasteiger partial charge in [-0.2, -0.15) is 0 Å². The first kappa shape index (κ1) is 26.7. The van der Waals surface area contributed by atoms with Crippen molar-refractivity contribution < 1.29 is 23.9 Å². The molecule has 2 aliphatic heterocycles. The van der Waals surface area contributed by atoms with Crippen LogP contribution < -0.4 is 10.2 Å². The van der Waals surface area contributed by atoms with Gasteiger partial charge in [0.15, 0.2) is 6.10 Å². The van der Waals surface area contributed by atoms with E-state index in [1.807, 2.05) is 45.0 Å². The summed E-state index contributed by atoms with van der Waals surface area (Å²) in [4.78, 5) is 41.9. The van der Waals surface area contributed by atoms with Gasteiger partial charge in [-0.25, -0.2) is 4.79 Å². The van der Waals surface area contributed by atoms with E-state index in [2.05, 4.69) is 19.2 Å². The van der Waals surface area contributed by atoms with Crippen LogP contribution in [-0.2, 0) is 25.5 Å². The molecule has 1 fully saturated rings. The zero-order valence-corrected chi connectivity index (χ0v) is 21.6. The Labute approximate surface area is 208 Å². The molecule has 0 saturated carbocycles. The molecular weight excluding hydrogens is 446 g/mol. The predicted molar refractivity (Wildman–Crippen MR) is 135 cm³/mol. The van der Waals surface area contributed by atoms with E-state index in [0.717, 1.165) is 12.1 Å². The molecule has 35 heavy (non-hydrogen) atoms. The molecule has 1 aromatic carbocycles. The summed E-state index contributed by atoms with van der Waals surface area (Å²) in [5, 5.41) is 3.02. The van der Waals surface area contributed by atoms with Crippen LogP contribution in [-0.4, -0.2) is 66.8 Å². The minimum atomic E-state index is -0.797. The van der Waals surface area contributed by atoms with Gasteiger partial charge in [-0.15, -0.1) is 0 Å². The number of carbonyl (C=O) groups is 3. The fourth-order valence-corrected chi connectivity index (χ4v) is 4.30. The molecule has 0 aromatic heterocycles. The van der Waals surface area contributed by atoms with Crippen molar-refractivity contribution in [3.8, 4) is 0 Å². The lowest BCUT2D eigenvalue weighted by atomic mass is 10.0. The van der Waals surface area contributed by atoms with Gasteiger partial charge in [0.1, 0.15) is 5.60 Å². The maximum Gasteiger partial charge on any atom is 0.410 e. The second kappa shape index (κ2) is 11.7. The van der Waals surface area contributed by atoms with Crippen LogP contribution in [0.3, 0.4) is 0 Å². The highest BCUT2D eigenvalue weighted by Crippen LogP contribution is 2.27. The fraction of sp³-hybridized carbons (Fsp3) is 0.593. The van der Waals surface area contributed by atoms with Crippen molar-refractivity contribution in [2.45, 2.75) is 71.6 Å². The summed E-state index contributed by atoms with van der Waals surface area (Å²) in [5.41, 5.74) is 1.50. The van der Waals surface area contributed by atoms with Crippen molar-refractivity contribution in [2.24, 2.45) is 5.92 Å². The maximum atomic E-state index is 13.1. The van der Waals surface area contributed by atoms with Crippen LogP contribution in [0.5, 0.6) is 0 Å². The lowest BCUT2D eigenvalue weighted by Gasteiger charge is -2.28. The van der Waals surface area contributed by atoms with E-state index in [9.17, 15) is 14.4 Å². The zero-order chi connectivity index (χ0) is 25.6. The summed E-state index contributed by atoms with van der Waals surface area (Å²) in [6, 6.07) is 7.59. The molecule has 3 amide bonds. The second-order valence-corrected chi connectivity index (χ2v) is 10.6. The van der Waals surface area contributed by atoms with Crippen LogP contribution in [0.25, 0.3) is 0 Å². The number of carbonyl (C=O) groups excluding carboxylic acids is 3. The summed E-state index contributed by atoms with van der Waals surface area (Å²) in [5.74, 6) is -0.0876. The number of benzene rings is 1. The van der Waals surface area contributed by atoms with E-state index in [1.54, 1.807) is 17.1 Å². The molecule has 2 atom stereocenters. The maximum absolute atomic E-state index is 13.1. The molecule has 192 valence electrons. The van der Waals surface area contributed by atoms with Crippen molar-refractivity contribution in [1.82, 2.24) is 10.2 Å². The van der Waals surface area contributed by atoms with E-state index in [1.165, 1.54) is 10.5 Å². The molecule has 0 bridgehead atoms. The molecule has 1 saturated heterocycles. The second-order valence-electron chi connectivity index (χ2n) is 10.6. The quantitative estimate of drug-likeness (QED) is 0.621. The van der Waals surface area contributed by atoms with Gasteiger partial charge in [-0.1, -0.05) is 38.1 Å². The average molecular weight is 486 g/mol. The molecule has 1 aromatic rings. The normalized spacial score (nSPS) is 19.4. The van der Waals surface area contributed by atoms with Gasteiger partial charge in [0.2, 0.25) is 0 Å². The predicted octanol–water partition coefficient (Wildman–Crippen LogP) is 3.69. The van der Waals surface area contributed by atoms with Gasteiger partial charge in [-0.3, -0.25) is 9.59 Å². The zero-order valence-electron chi connectivity index (χ0n) is 21.6. The molecule has 3 rings (SSSR count). The van der Waals surface area contributed by atoms with Crippen molar-refractivity contribution in [3.63, 3.8) is 0 Å². The molecule has 8 heteroatoms. The largest absolute Gasteiger partial charge is 0.444 e. The Morgan fingerprint density at radius 2 is 1.94 bits per heavy atom. The minimum Gasteiger partial charge on any atom is -0.444 e. The van der Waals surface area contributed by atoms with E-state index in [-0.39, 0.29) is 24.4 Å². The van der Waals surface area contributed by atoms with Crippen molar-refractivity contribution in [2.75, 3.05) is 31.1 Å². The van der Waals surface area contributed by atoms with Crippen LogP contribution in [0, 0.1) is 5.92 Å². The van der Waals surface area contributed by atoms with E-state index in [4.69, 9.17) is 9.47 Å². The number of hydrogen-bond donors (Lipinski definition) is 1. The molecule has 0 aliphatic carbocycles. The van der Waals surface area contributed by atoms with Gasteiger partial charge < -0.3 is 24.6 Å². The number of fused-ring (bicyclic) bond motifs is 1. The number of para-hydroxylation sites is 1. The molecule has 0 spiro atoms. The van der Waals surface area contributed by atoms with Crippen molar-refractivity contribution in [3.05, 3.63) is 42.0 Å². The van der Waals surface area contributed by atoms with Crippen LogP contribution >= 0.6 is 0 Å². The van der Waals surface area contributed by atoms with Gasteiger partial charge in [0.25, 0.3) is 11.8 Å². The fourth-order valence-electron chi connectivity index (χ4n) is 4.30. The number of nitrogens with one attached hydrogen (secondary N) is 1. The monoisotopic (exact) mass is 485 g/mol. The topological polar surface area (TPSA) is 88.2 Å². The summed E-state index contributed by atoms with van der Waals surface area (Å²) < 4.78 is 11.2. The number of ether oxygens (including phenoxy) is 2. The Morgan fingerprint density at radius 3 is 2.66 bits per heavy atom. The molecular formula is C27H39N3O5. The molecule has 2 heterocycles. The van der Waals surface area contributed by atoms with Gasteiger partial charge in [0.05, 0.1) is 6.54 Å². The average Bonchev–Trinajstić information content (AvgIpc) is 3.04. The summed E-state index contributed by atoms with van der Waals surface area (Å²) in [7, 11) is 0. The Bertz CT molecular complexity index is 937. The summed E-state index contributed by atoms with van der Waals surface area (Å²) in [6.45, 7) is 11.2. The van der Waals surface area contributed by atoms with Crippen LogP contribution in [0.2, 0.25) is 0 Å². The number of rotatable bonds is 6. The number of amides is 3. The third kappa shape index (κ3) is 7.82. The highest BCUT2D eigenvalue weighted by Gasteiger charge is 2.31. The Morgan fingerprint density at radius 1 is 1.20 bits per heavy atom. The number of hydrogen-bond acceptors (Lipinski definition) is 5. The smallest absolute Gasteiger partial charge is 0.410 e. The Kier molecular flexibility index (Phi) is 8.94. The van der Waals surface area contributed by atoms with Crippen molar-refractivity contribution >= 4 is 23.6 Å². The third-order valence-electron chi connectivity index (χ3n) is 5.90. The van der Waals surface area contributed by atoms with E-state index in [0.29, 0.717) is 38.5 Å². The first-order chi connectivity index (χ1) is 16.5. The van der Waals surface area contributed by atoms with Crippen LogP contribution in [0.4, 0.5) is 10.5 Å². The first-order valence-corrected chi connectivity index (χ1v) is 12.5. The first-order valence-electron chi connectivity index (χ1n) is 12.5. The van der Waals surface area contributed by atoms with Gasteiger partial charge in [-0.05, 0) is 57.6 Å². The van der Waals surface area contributed by atoms with E-state index >= 15 is 0 Å². The molecule has 0 radical (unpaired) electrons. The molecule has 8 nitrogen and oxygen atoms in total. The Balaban J connectivity index is 1.64. The molecule has 1 N–H and O–H groups in total. The molecule has 2 aliphatic rings. The summed E-state index contributed by atoms with van der Waals surface area (Å²) >= 11 is 0. The van der Waals surface area contributed by atoms with Gasteiger partial charge >= 0.3 is 6.09 Å². The minimum absolute atomic E-state index is 0.0974. The van der Waals surface area contributed by atoms with E-state index < -0.39 is 17.8 Å². The number of anilines is 1. The summed E-state index contributed by atoms with van der Waals surface area (Å²) in [6.07, 6.45) is 4.22. The van der Waals surface area contributed by atoms with Crippen LogP contribution in [0.1, 0.15) is 53.0 Å². The lowest BCUT2D eigenvalue weighted by Crippen LogP contribution is -2.48. The number of nitrogens with zero attached hydrogens (tertiary/aromatic N) is 2. The Hall–Kier alpha value is -2.87. The van der Waals surface area contributed by atoms with Gasteiger partial charge in [0, 0.05) is 37.5 Å². The standard InChI is InChI=1S/C27H39N3O5/c1-19(2)17-21(11-12-24(31)30-15-13-20-9-6-7-10-22(20)30)28-25(32)23-18-29(14-8-16-34-23)26(33)35-27(3,4)5/h6-7,9-12,19,21,23H,8,13-18H2,1-5H3,(H,28,32). The third-order valence-corrected chi connectivity index (χ3v) is 5.90. The lowest BCUT2D eigenvalue weighted by molar-refractivity contribution is -0.133. The molecule has 2 unspecified atom stereocenters. The highest BCUT2D eigenvalue weighted by atomic mass is 16.6. The highest BCUT2D eigenvalue weighted by molar-refractivity contribution is 6.03. The SMILES string of the molecule is CC(C)CC(C=CC(=O)N1CCc2ccccc21)NC(=O)C1CN(C(=O)OC(C)(C)C)CCCO1.